The van der Waals surface area contributed by atoms with Crippen molar-refractivity contribution in [3.8, 4) is 11.5 Å². The van der Waals surface area contributed by atoms with Crippen LogP contribution in [0, 0.1) is 0 Å². The maximum atomic E-state index is 13.1. The van der Waals surface area contributed by atoms with Crippen LogP contribution in [0.2, 0.25) is 4.34 Å². The molecule has 4 nitrogen and oxygen atoms in total. The van der Waals surface area contributed by atoms with Gasteiger partial charge in [-0.15, -0.1) is 11.3 Å². The van der Waals surface area contributed by atoms with Gasteiger partial charge in [-0.05, 0) is 48.2 Å². The summed E-state index contributed by atoms with van der Waals surface area (Å²) in [6, 6.07) is 7.89. The van der Waals surface area contributed by atoms with Crippen molar-refractivity contribution in [1.82, 2.24) is 4.90 Å². The lowest BCUT2D eigenvalue weighted by Gasteiger charge is -2.42. The van der Waals surface area contributed by atoms with Crippen LogP contribution in [0.25, 0.3) is 0 Å². The molecule has 26 heavy (non-hydrogen) atoms. The topological polar surface area (TPSA) is 38.8 Å². The van der Waals surface area contributed by atoms with Gasteiger partial charge in [-0.1, -0.05) is 24.4 Å². The fraction of sp³-hybridized carbons (Fsp3) is 0.450. The van der Waals surface area contributed by atoms with E-state index in [0.717, 1.165) is 30.9 Å². The number of nitrogens with zero attached hydrogens (tertiary/aromatic N) is 1. The van der Waals surface area contributed by atoms with Crippen LogP contribution >= 0.6 is 22.9 Å². The van der Waals surface area contributed by atoms with Crippen molar-refractivity contribution < 1.29 is 14.3 Å². The van der Waals surface area contributed by atoms with E-state index < -0.39 is 0 Å². The van der Waals surface area contributed by atoms with Gasteiger partial charge in [-0.2, -0.15) is 0 Å². The number of halogens is 1. The molecular formula is C20H20ClNO3S. The fourth-order valence-electron chi connectivity index (χ4n) is 4.68. The molecule has 0 unspecified atom stereocenters. The molecular weight excluding hydrogens is 370 g/mol. The molecule has 0 atom stereocenters. The maximum Gasteiger partial charge on any atom is 0.264 e. The third-order valence-electron chi connectivity index (χ3n) is 5.83. The zero-order valence-corrected chi connectivity index (χ0v) is 16.0. The van der Waals surface area contributed by atoms with E-state index in [9.17, 15) is 4.79 Å². The Labute approximate surface area is 161 Å². The highest BCUT2D eigenvalue weighted by Gasteiger charge is 2.44. The number of hydrogen-bond acceptors (Lipinski definition) is 4. The zero-order chi connectivity index (χ0) is 17.7. The van der Waals surface area contributed by atoms with Gasteiger partial charge in [-0.25, -0.2) is 0 Å². The van der Waals surface area contributed by atoms with Crippen LogP contribution in [-0.4, -0.2) is 30.6 Å². The molecule has 136 valence electrons. The van der Waals surface area contributed by atoms with Crippen molar-refractivity contribution in [2.45, 2.75) is 37.6 Å². The molecule has 0 N–H and O–H groups in total. The molecule has 0 radical (unpaired) electrons. The summed E-state index contributed by atoms with van der Waals surface area (Å²) in [5.41, 5.74) is 2.59. The van der Waals surface area contributed by atoms with Crippen LogP contribution in [0.15, 0.2) is 24.3 Å². The summed E-state index contributed by atoms with van der Waals surface area (Å²) in [4.78, 5) is 15.8. The Morgan fingerprint density at radius 3 is 2.54 bits per heavy atom. The quantitative estimate of drug-likeness (QED) is 0.713. The van der Waals surface area contributed by atoms with Gasteiger partial charge in [0.15, 0.2) is 11.5 Å². The second kappa shape index (κ2) is 6.17. The summed E-state index contributed by atoms with van der Waals surface area (Å²) >= 11 is 7.40. The van der Waals surface area contributed by atoms with E-state index in [1.807, 2.05) is 11.0 Å². The first-order valence-corrected chi connectivity index (χ1v) is 10.3. The molecule has 1 amide bonds. The van der Waals surface area contributed by atoms with E-state index in [1.165, 1.54) is 35.3 Å². The highest BCUT2D eigenvalue weighted by molar-refractivity contribution is 7.17. The van der Waals surface area contributed by atoms with Gasteiger partial charge < -0.3 is 14.4 Å². The smallest absolute Gasteiger partial charge is 0.264 e. The Morgan fingerprint density at radius 1 is 1.12 bits per heavy atom. The highest BCUT2D eigenvalue weighted by Crippen LogP contribution is 2.49. The van der Waals surface area contributed by atoms with E-state index in [4.69, 9.17) is 21.1 Å². The van der Waals surface area contributed by atoms with E-state index in [2.05, 4.69) is 12.1 Å². The first kappa shape index (κ1) is 16.5. The number of benzene rings is 1. The number of fused-ring (bicyclic) bond motifs is 3. The number of rotatable bonds is 1. The largest absolute Gasteiger partial charge is 0.486 e. The summed E-state index contributed by atoms with van der Waals surface area (Å²) in [6.45, 7) is 2.56. The van der Waals surface area contributed by atoms with Crippen LogP contribution < -0.4 is 9.47 Å². The average molecular weight is 390 g/mol. The molecule has 1 spiro atoms. The predicted octanol–water partition coefficient (Wildman–Crippen LogP) is 4.64. The number of carbonyl (C=O) groups is 1. The molecule has 1 aliphatic carbocycles. The monoisotopic (exact) mass is 389 g/mol. The molecule has 3 heterocycles. The highest BCUT2D eigenvalue weighted by atomic mass is 35.5. The number of thiophene rings is 1. The van der Waals surface area contributed by atoms with Gasteiger partial charge in [0.05, 0.1) is 9.21 Å². The van der Waals surface area contributed by atoms with E-state index in [1.54, 1.807) is 6.07 Å². The molecule has 3 aliphatic rings. The van der Waals surface area contributed by atoms with Crippen molar-refractivity contribution >= 4 is 28.8 Å². The Kier molecular flexibility index (Phi) is 3.90. The summed E-state index contributed by atoms with van der Waals surface area (Å²) in [7, 11) is 0. The van der Waals surface area contributed by atoms with Crippen LogP contribution in [0.3, 0.4) is 0 Å². The van der Waals surface area contributed by atoms with E-state index in [0.29, 0.717) is 29.0 Å². The number of hydrogen-bond donors (Lipinski definition) is 0. The number of amides is 1. The average Bonchev–Trinajstić information content (AvgIpc) is 3.29. The van der Waals surface area contributed by atoms with Crippen LogP contribution in [0.5, 0.6) is 11.5 Å². The van der Waals surface area contributed by atoms with E-state index >= 15 is 0 Å². The predicted molar refractivity (Wildman–Crippen MR) is 102 cm³/mol. The minimum atomic E-state index is 0.0418. The zero-order valence-electron chi connectivity index (χ0n) is 14.4. The molecule has 1 saturated carbocycles. The standard InChI is InChI=1S/C20H20ClNO3S/c21-18-4-3-17(26-18)19(23)22-11-13-9-15-16(25-8-7-24-15)10-14(13)20(12-22)5-1-2-6-20/h3-4,9-10H,1-2,5-8,11-12H2. The third-order valence-corrected chi connectivity index (χ3v) is 7.05. The van der Waals surface area contributed by atoms with Crippen molar-refractivity contribution in [3.63, 3.8) is 0 Å². The fourth-order valence-corrected chi connectivity index (χ4v) is 5.69. The van der Waals surface area contributed by atoms with Gasteiger partial charge in [0.1, 0.15) is 13.2 Å². The summed E-state index contributed by atoms with van der Waals surface area (Å²) in [5.74, 6) is 1.73. The number of ether oxygens (including phenoxy) is 2. The second-order valence-corrected chi connectivity index (χ2v) is 9.12. The van der Waals surface area contributed by atoms with Gasteiger partial charge >= 0.3 is 0 Å². The van der Waals surface area contributed by atoms with E-state index in [-0.39, 0.29) is 11.3 Å². The molecule has 0 saturated heterocycles. The van der Waals surface area contributed by atoms with Crippen molar-refractivity contribution in [2.24, 2.45) is 0 Å². The second-order valence-electron chi connectivity index (χ2n) is 7.41. The molecule has 5 rings (SSSR count). The normalized spacial score (nSPS) is 20.3. The first-order valence-electron chi connectivity index (χ1n) is 9.12. The molecule has 6 heteroatoms. The lowest BCUT2D eigenvalue weighted by molar-refractivity contribution is 0.0674. The molecule has 2 aromatic rings. The van der Waals surface area contributed by atoms with Gasteiger partial charge in [-0.3, -0.25) is 4.79 Å². The lowest BCUT2D eigenvalue weighted by atomic mass is 9.73. The molecule has 2 aliphatic heterocycles. The Morgan fingerprint density at radius 2 is 1.85 bits per heavy atom. The molecule has 0 bridgehead atoms. The van der Waals surface area contributed by atoms with Gasteiger partial charge in [0.2, 0.25) is 0 Å². The van der Waals surface area contributed by atoms with Crippen LogP contribution in [0.1, 0.15) is 46.5 Å². The summed E-state index contributed by atoms with van der Waals surface area (Å²) in [6.07, 6.45) is 4.66. The first-order chi connectivity index (χ1) is 12.6. The van der Waals surface area contributed by atoms with Crippen LogP contribution in [0.4, 0.5) is 0 Å². The third kappa shape index (κ3) is 2.60. The Bertz CT molecular complexity index is 872. The van der Waals surface area contributed by atoms with Crippen molar-refractivity contribution in [2.75, 3.05) is 19.8 Å². The van der Waals surface area contributed by atoms with Crippen molar-refractivity contribution in [1.29, 1.82) is 0 Å². The minimum absolute atomic E-state index is 0.0418. The SMILES string of the molecule is O=C(c1ccc(Cl)s1)N1Cc2cc3c(cc2C2(CCCC2)C1)OCCO3. The van der Waals surface area contributed by atoms with Gasteiger partial charge in [0.25, 0.3) is 5.91 Å². The number of carbonyl (C=O) groups excluding carboxylic acids is 1. The Balaban J connectivity index is 1.56. The minimum Gasteiger partial charge on any atom is -0.486 e. The Hall–Kier alpha value is -1.72. The van der Waals surface area contributed by atoms with Crippen molar-refractivity contribution in [3.05, 3.63) is 44.6 Å². The molecule has 1 aromatic heterocycles. The lowest BCUT2D eigenvalue weighted by Crippen LogP contribution is -2.46. The summed E-state index contributed by atoms with van der Waals surface area (Å²) in [5, 5.41) is 0. The summed E-state index contributed by atoms with van der Waals surface area (Å²) < 4.78 is 12.3. The van der Waals surface area contributed by atoms with Crippen LogP contribution in [-0.2, 0) is 12.0 Å². The molecule has 1 fully saturated rings. The van der Waals surface area contributed by atoms with Gasteiger partial charge in [0, 0.05) is 18.5 Å². The molecule has 1 aromatic carbocycles. The maximum absolute atomic E-state index is 13.1.